The van der Waals surface area contributed by atoms with Crippen molar-refractivity contribution in [3.05, 3.63) is 35.9 Å². The Morgan fingerprint density at radius 2 is 1.80 bits per heavy atom. The molecule has 3 N–H and O–H groups in total. The minimum atomic E-state index is -4.84. The van der Waals surface area contributed by atoms with Crippen LogP contribution >= 0.6 is 0 Å². The first-order valence-corrected chi connectivity index (χ1v) is 9.05. The maximum absolute atomic E-state index is 10.2. The van der Waals surface area contributed by atoms with Crippen molar-refractivity contribution in [3.63, 3.8) is 0 Å². The van der Waals surface area contributed by atoms with E-state index in [0.29, 0.717) is 0 Å². The Morgan fingerprint density at radius 3 is 2.16 bits per heavy atom. The van der Waals surface area contributed by atoms with Gasteiger partial charge in [-0.3, -0.25) is 14.1 Å². The molecule has 0 bridgehead atoms. The maximum Gasteiger partial charge on any atom is 1.00 e. The second kappa shape index (κ2) is 14.8. The van der Waals surface area contributed by atoms with Crippen LogP contribution in [0.3, 0.4) is 0 Å². The number of hydrogen-bond acceptors (Lipinski definition) is 4. The van der Waals surface area contributed by atoms with Gasteiger partial charge in [0.2, 0.25) is 0 Å². The topological polar surface area (TPSA) is 129 Å². The predicted octanol–water partition coefficient (Wildman–Crippen LogP) is -0.584. The zero-order chi connectivity index (χ0) is 18.6. The van der Waals surface area contributed by atoms with Gasteiger partial charge >= 0.3 is 63.3 Å². The van der Waals surface area contributed by atoms with Crippen LogP contribution in [0.25, 0.3) is 0 Å². The van der Waals surface area contributed by atoms with E-state index in [9.17, 15) is 18.0 Å². The summed E-state index contributed by atoms with van der Waals surface area (Å²) in [5, 5.41) is 13.9. The molecule has 1 rings (SSSR count). The third kappa shape index (κ3) is 14.6. The summed E-state index contributed by atoms with van der Waals surface area (Å²) in [6.45, 7) is 2.24. The van der Waals surface area contributed by atoms with E-state index in [-0.39, 0.29) is 51.4 Å². The normalized spacial score (nSPS) is 11.4. The van der Waals surface area contributed by atoms with Gasteiger partial charge in [-0.05, 0) is 0 Å². The Bertz CT molecular complexity index is 602. The van der Waals surface area contributed by atoms with Gasteiger partial charge in [-0.2, -0.15) is 44.3 Å². The van der Waals surface area contributed by atoms with E-state index in [4.69, 9.17) is 14.8 Å². The monoisotopic (exact) mass is 398 g/mol. The molecular formula is C16H23KO7S. The summed E-state index contributed by atoms with van der Waals surface area (Å²) in [5.74, 6) is -3.50. The van der Waals surface area contributed by atoms with Crippen LogP contribution in [0.2, 0.25) is 0 Å². The Morgan fingerprint density at radius 1 is 1.16 bits per heavy atom. The first kappa shape index (κ1) is 26.9. The Kier molecular flexibility index (Phi) is 16.0. The molecule has 0 saturated carbocycles. The number of benzene rings is 1. The van der Waals surface area contributed by atoms with E-state index < -0.39 is 33.7 Å². The van der Waals surface area contributed by atoms with E-state index in [2.05, 4.69) is 25.1 Å². The minimum Gasteiger partial charge on any atom is -0.481 e. The third-order valence-corrected chi connectivity index (χ3v) is 4.16. The average molecular weight is 399 g/mol. The summed E-state index contributed by atoms with van der Waals surface area (Å²) >= 11 is 0. The number of aryl methyl sites for hydroxylation is 1. The van der Waals surface area contributed by atoms with Crippen molar-refractivity contribution in [1.82, 2.24) is 0 Å². The molecule has 0 radical (unpaired) electrons. The second-order valence-corrected chi connectivity index (χ2v) is 6.74. The van der Waals surface area contributed by atoms with Crippen molar-refractivity contribution in [2.24, 2.45) is 0 Å². The van der Waals surface area contributed by atoms with Crippen molar-refractivity contribution in [3.8, 4) is 0 Å². The Labute approximate surface area is 191 Å². The van der Waals surface area contributed by atoms with Gasteiger partial charge < -0.3 is 10.2 Å². The van der Waals surface area contributed by atoms with Crippen LogP contribution in [0, 0.1) is 6.07 Å². The van der Waals surface area contributed by atoms with Gasteiger partial charge in [-0.1, -0.05) is 39.0 Å². The Balaban J connectivity index is 0. The van der Waals surface area contributed by atoms with Crippen molar-refractivity contribution in [1.29, 1.82) is 0 Å². The number of carbonyl (C=O) groups is 2. The molecule has 25 heavy (non-hydrogen) atoms. The predicted molar refractivity (Wildman–Crippen MR) is 88.3 cm³/mol. The summed E-state index contributed by atoms with van der Waals surface area (Å²) in [6.07, 6.45) is 5.40. The quantitative estimate of drug-likeness (QED) is 0.220. The fraction of sp³-hybridized carbons (Fsp3) is 0.500. The summed E-state index contributed by atoms with van der Waals surface area (Å²) in [4.78, 5) is 20.0. The molecule has 7 nitrogen and oxygen atoms in total. The minimum absolute atomic E-state index is 0. The van der Waals surface area contributed by atoms with E-state index in [1.54, 1.807) is 0 Å². The van der Waals surface area contributed by atoms with Crippen LogP contribution in [0.15, 0.2) is 24.3 Å². The average Bonchev–Trinajstić information content (AvgIpc) is 2.49. The molecule has 1 atom stereocenters. The molecule has 0 saturated heterocycles. The number of carboxylic acids is 2. The van der Waals surface area contributed by atoms with E-state index >= 15 is 0 Å². The number of rotatable bonds is 9. The number of aliphatic carboxylic acids is 2. The van der Waals surface area contributed by atoms with Crippen LogP contribution in [0.1, 0.15) is 44.6 Å². The van der Waals surface area contributed by atoms with Gasteiger partial charge in [0.05, 0.1) is 6.42 Å². The fourth-order valence-corrected chi connectivity index (χ4v) is 2.41. The molecule has 0 aliphatic rings. The standard InChI is InChI=1S/C12H17.C4H6O7S.K/c1-2-3-4-6-9-12-10-7-5-8-11-12;5-3(6)1-2(4(7)8)12(9,10)11;/h5,7-8,10H,2-4,6,9H2,1H3;2H,1H2,(H,5,6)(H,7,8)(H,9,10,11);/q-1;;+1. The van der Waals surface area contributed by atoms with Crippen molar-refractivity contribution < 1.29 is 84.2 Å². The van der Waals surface area contributed by atoms with E-state index in [1.165, 1.54) is 37.7 Å². The molecule has 0 spiro atoms. The molecular weight excluding hydrogens is 375 g/mol. The van der Waals surface area contributed by atoms with Crippen LogP contribution < -0.4 is 51.4 Å². The smallest absolute Gasteiger partial charge is 0.481 e. The van der Waals surface area contributed by atoms with Crippen LogP contribution in [0.4, 0.5) is 0 Å². The first-order valence-electron chi connectivity index (χ1n) is 7.55. The third-order valence-electron chi connectivity index (χ3n) is 3.07. The molecule has 1 aromatic carbocycles. The van der Waals surface area contributed by atoms with Gasteiger partial charge in [-0.25, -0.2) is 0 Å². The number of unbranched alkanes of at least 4 members (excludes halogenated alkanes) is 3. The maximum atomic E-state index is 10.2. The molecule has 9 heteroatoms. The zero-order valence-corrected chi connectivity index (χ0v) is 18.5. The molecule has 0 amide bonds. The van der Waals surface area contributed by atoms with E-state index in [1.807, 2.05) is 12.1 Å². The molecule has 136 valence electrons. The molecule has 1 aromatic rings. The number of carboxylic acid groups (broad SMARTS) is 2. The Hall–Kier alpha value is -0.294. The summed E-state index contributed by atoms with van der Waals surface area (Å²) < 4.78 is 28.7. The van der Waals surface area contributed by atoms with Crippen molar-refractivity contribution in [2.45, 2.75) is 50.7 Å². The molecule has 0 aromatic heterocycles. The van der Waals surface area contributed by atoms with Gasteiger partial charge in [0.1, 0.15) is 0 Å². The van der Waals surface area contributed by atoms with Crippen LogP contribution in [-0.2, 0) is 26.1 Å². The second-order valence-electron chi connectivity index (χ2n) is 5.14. The van der Waals surface area contributed by atoms with Crippen LogP contribution in [-0.4, -0.2) is 40.4 Å². The summed E-state index contributed by atoms with van der Waals surface area (Å²) in [5.41, 5.74) is 1.36. The van der Waals surface area contributed by atoms with E-state index in [0.717, 1.165) is 0 Å². The van der Waals surface area contributed by atoms with Gasteiger partial charge in [-0.15, -0.1) is 0 Å². The molecule has 0 fully saturated rings. The van der Waals surface area contributed by atoms with Gasteiger partial charge in [0.25, 0.3) is 10.1 Å². The largest absolute Gasteiger partial charge is 1.00 e. The van der Waals surface area contributed by atoms with Gasteiger partial charge in [0, 0.05) is 0 Å². The molecule has 0 aliphatic carbocycles. The summed E-state index contributed by atoms with van der Waals surface area (Å²) in [7, 11) is -4.84. The number of hydrogen-bond donors (Lipinski definition) is 3. The first-order chi connectivity index (χ1) is 11.2. The summed E-state index contributed by atoms with van der Waals surface area (Å²) in [6, 6.07) is 11.5. The molecule has 0 heterocycles. The van der Waals surface area contributed by atoms with Crippen LogP contribution in [0.5, 0.6) is 0 Å². The van der Waals surface area contributed by atoms with Crippen molar-refractivity contribution >= 4 is 22.1 Å². The SMILES string of the molecule is CCCCCCc1[c-]cccc1.O=C(O)CC(C(=O)O)S(=O)(=O)O.[K+]. The molecule has 0 aliphatic heterocycles. The van der Waals surface area contributed by atoms with Gasteiger partial charge in [0.15, 0.2) is 5.25 Å². The van der Waals surface area contributed by atoms with Crippen molar-refractivity contribution in [2.75, 3.05) is 0 Å². The molecule has 1 unspecified atom stereocenters. The fourth-order valence-electron chi connectivity index (χ4n) is 1.81. The zero-order valence-electron chi connectivity index (χ0n) is 14.5.